The van der Waals surface area contributed by atoms with E-state index >= 15 is 0 Å². The smallest absolute Gasteiger partial charge is 0.276 e. The van der Waals surface area contributed by atoms with Gasteiger partial charge in [-0.2, -0.15) is 0 Å². The molecular weight excluding hydrogens is 260 g/mol. The summed E-state index contributed by atoms with van der Waals surface area (Å²) in [5, 5.41) is 9.62. The van der Waals surface area contributed by atoms with Gasteiger partial charge in [-0.3, -0.25) is 9.78 Å². The molecule has 0 aliphatic rings. The molecule has 0 fully saturated rings. The lowest BCUT2D eigenvalue weighted by Gasteiger charge is -2.17. The minimum Gasteiger partial charge on any atom is -0.362 e. The van der Waals surface area contributed by atoms with E-state index in [1.54, 1.807) is 38.6 Å². The average molecular weight is 276 g/mol. The Morgan fingerprint density at radius 3 is 2.85 bits per heavy atom. The van der Waals surface area contributed by atoms with E-state index in [2.05, 4.69) is 9.97 Å². The predicted octanol–water partition coefficient (Wildman–Crippen LogP) is 0.729. The molecule has 1 unspecified atom stereocenters. The van der Waals surface area contributed by atoms with Crippen molar-refractivity contribution >= 4 is 11.6 Å². The van der Waals surface area contributed by atoms with Crippen molar-refractivity contribution in [3.8, 4) is 0 Å². The van der Waals surface area contributed by atoms with E-state index in [4.69, 9.17) is 4.74 Å². The molecule has 7 nitrogen and oxygen atoms in total. The molecule has 0 spiro atoms. The van der Waals surface area contributed by atoms with Crippen LogP contribution in [0.1, 0.15) is 22.6 Å². The van der Waals surface area contributed by atoms with E-state index in [1.165, 1.54) is 22.8 Å². The summed E-state index contributed by atoms with van der Waals surface area (Å²) < 4.78 is 6.30. The fraction of sp³-hybridized carbons (Fsp3) is 0.308. The molecule has 2 rings (SSSR count). The van der Waals surface area contributed by atoms with Crippen LogP contribution in [0, 0.1) is 0 Å². The zero-order chi connectivity index (χ0) is 14.7. The van der Waals surface area contributed by atoms with Crippen LogP contribution in [0.3, 0.4) is 0 Å². The van der Waals surface area contributed by atoms with Crippen molar-refractivity contribution in [1.82, 2.24) is 14.5 Å². The summed E-state index contributed by atoms with van der Waals surface area (Å²) in [5.41, 5.74) is 1.02. The van der Waals surface area contributed by atoms with Gasteiger partial charge >= 0.3 is 0 Å². The van der Waals surface area contributed by atoms with Crippen LogP contribution in [0.2, 0.25) is 0 Å². The SMILES string of the molecule is COC(O)c1ncc(C(=O)N(C)c2cccnc2)n1C. The lowest BCUT2D eigenvalue weighted by Crippen LogP contribution is -2.28. The Labute approximate surface area is 116 Å². The Balaban J connectivity index is 2.28. The molecule has 7 heteroatoms. The van der Waals surface area contributed by atoms with Crippen molar-refractivity contribution in [3.05, 3.63) is 42.2 Å². The third-order valence-corrected chi connectivity index (χ3v) is 3.03. The van der Waals surface area contributed by atoms with Gasteiger partial charge in [-0.15, -0.1) is 0 Å². The Hall–Kier alpha value is -2.25. The number of aliphatic hydroxyl groups is 1. The highest BCUT2D eigenvalue weighted by Crippen LogP contribution is 2.17. The fourth-order valence-corrected chi connectivity index (χ4v) is 1.80. The zero-order valence-corrected chi connectivity index (χ0v) is 11.5. The number of imidazole rings is 1. The number of nitrogens with zero attached hydrogens (tertiary/aromatic N) is 4. The maximum absolute atomic E-state index is 12.4. The van der Waals surface area contributed by atoms with Gasteiger partial charge in [0.25, 0.3) is 5.91 Å². The Kier molecular flexibility index (Phi) is 4.11. The summed E-state index contributed by atoms with van der Waals surface area (Å²) in [6.45, 7) is 0. The first-order chi connectivity index (χ1) is 9.56. The number of carbonyl (C=O) groups is 1. The lowest BCUT2D eigenvalue weighted by molar-refractivity contribution is -0.0846. The summed E-state index contributed by atoms with van der Waals surface area (Å²) in [4.78, 5) is 21.9. The van der Waals surface area contributed by atoms with Gasteiger partial charge in [-0.05, 0) is 12.1 Å². The number of anilines is 1. The number of methoxy groups -OCH3 is 1. The van der Waals surface area contributed by atoms with E-state index in [0.717, 1.165) is 0 Å². The predicted molar refractivity (Wildman–Crippen MR) is 72.1 cm³/mol. The number of aliphatic hydroxyl groups excluding tert-OH is 1. The second kappa shape index (κ2) is 5.81. The molecule has 20 heavy (non-hydrogen) atoms. The van der Waals surface area contributed by atoms with Crippen LogP contribution in [0.4, 0.5) is 5.69 Å². The molecule has 1 atom stereocenters. The van der Waals surface area contributed by atoms with Crippen LogP contribution in [0.15, 0.2) is 30.7 Å². The van der Waals surface area contributed by atoms with Crippen LogP contribution in [-0.2, 0) is 11.8 Å². The molecule has 0 saturated heterocycles. The van der Waals surface area contributed by atoms with Crippen molar-refractivity contribution in [2.24, 2.45) is 7.05 Å². The third kappa shape index (κ3) is 2.54. The van der Waals surface area contributed by atoms with Crippen LogP contribution < -0.4 is 4.90 Å². The van der Waals surface area contributed by atoms with Crippen LogP contribution in [-0.4, -0.2) is 39.7 Å². The van der Waals surface area contributed by atoms with E-state index in [9.17, 15) is 9.90 Å². The number of rotatable bonds is 4. The van der Waals surface area contributed by atoms with Crippen molar-refractivity contribution in [1.29, 1.82) is 0 Å². The van der Waals surface area contributed by atoms with E-state index in [1.807, 2.05) is 0 Å². The fourth-order valence-electron chi connectivity index (χ4n) is 1.80. The lowest BCUT2D eigenvalue weighted by atomic mass is 10.3. The van der Waals surface area contributed by atoms with Crippen molar-refractivity contribution in [3.63, 3.8) is 0 Å². The summed E-state index contributed by atoms with van der Waals surface area (Å²) in [5.74, 6) is 0.0259. The maximum atomic E-state index is 12.4. The van der Waals surface area contributed by atoms with Crippen molar-refractivity contribution in [2.45, 2.75) is 6.29 Å². The molecule has 0 aromatic carbocycles. The number of aromatic nitrogens is 3. The molecule has 0 radical (unpaired) electrons. The average Bonchev–Trinajstić information content (AvgIpc) is 2.87. The standard InChI is InChI=1S/C13H16N4O3/c1-16(9-5-4-6-14-7-9)12(18)10-8-15-11(17(10)2)13(19)20-3/h4-8,13,19H,1-3H3. The van der Waals surface area contributed by atoms with Gasteiger partial charge in [0.05, 0.1) is 18.1 Å². The normalized spacial score (nSPS) is 12.2. The summed E-state index contributed by atoms with van der Waals surface area (Å²) >= 11 is 0. The largest absolute Gasteiger partial charge is 0.362 e. The molecule has 0 aliphatic heterocycles. The van der Waals surface area contributed by atoms with Gasteiger partial charge in [0, 0.05) is 27.4 Å². The summed E-state index contributed by atoms with van der Waals surface area (Å²) in [6, 6.07) is 3.54. The Morgan fingerprint density at radius 2 is 2.25 bits per heavy atom. The summed E-state index contributed by atoms with van der Waals surface area (Å²) in [7, 11) is 4.66. The molecule has 0 aliphatic carbocycles. The van der Waals surface area contributed by atoms with Gasteiger partial charge in [0.2, 0.25) is 6.29 Å². The Bertz CT molecular complexity index is 597. The molecule has 1 N–H and O–H groups in total. The van der Waals surface area contributed by atoms with Gasteiger partial charge < -0.3 is 19.3 Å². The van der Waals surface area contributed by atoms with Crippen molar-refractivity contribution in [2.75, 3.05) is 19.1 Å². The highest BCUT2D eigenvalue weighted by molar-refractivity contribution is 6.04. The second-order valence-corrected chi connectivity index (χ2v) is 4.22. The van der Waals surface area contributed by atoms with E-state index in [-0.39, 0.29) is 11.7 Å². The minimum absolute atomic E-state index is 0.248. The third-order valence-electron chi connectivity index (χ3n) is 3.03. The quantitative estimate of drug-likeness (QED) is 0.833. The van der Waals surface area contributed by atoms with Crippen LogP contribution in [0.5, 0.6) is 0 Å². The highest BCUT2D eigenvalue weighted by Gasteiger charge is 2.22. The zero-order valence-electron chi connectivity index (χ0n) is 11.5. The van der Waals surface area contributed by atoms with Crippen LogP contribution >= 0.6 is 0 Å². The molecule has 0 bridgehead atoms. The van der Waals surface area contributed by atoms with Gasteiger partial charge in [-0.1, -0.05) is 0 Å². The monoisotopic (exact) mass is 276 g/mol. The van der Waals surface area contributed by atoms with E-state index in [0.29, 0.717) is 11.4 Å². The molecule has 0 saturated carbocycles. The summed E-state index contributed by atoms with van der Waals surface area (Å²) in [6.07, 6.45) is 3.48. The molecule has 1 amide bonds. The number of carbonyl (C=O) groups excluding carboxylic acids is 1. The van der Waals surface area contributed by atoms with Gasteiger partial charge in [-0.25, -0.2) is 4.98 Å². The van der Waals surface area contributed by atoms with E-state index < -0.39 is 6.29 Å². The number of hydrogen-bond acceptors (Lipinski definition) is 5. The second-order valence-electron chi connectivity index (χ2n) is 4.22. The minimum atomic E-state index is -1.16. The number of pyridine rings is 1. The first-order valence-electron chi connectivity index (χ1n) is 5.96. The number of amides is 1. The molecule has 2 aromatic heterocycles. The van der Waals surface area contributed by atoms with Crippen LogP contribution in [0.25, 0.3) is 0 Å². The number of hydrogen-bond donors (Lipinski definition) is 1. The molecule has 2 aromatic rings. The highest BCUT2D eigenvalue weighted by atomic mass is 16.6. The maximum Gasteiger partial charge on any atom is 0.276 e. The molecule has 2 heterocycles. The van der Waals surface area contributed by atoms with Gasteiger partial charge in [0.15, 0.2) is 5.82 Å². The number of ether oxygens (including phenoxy) is 1. The first kappa shape index (κ1) is 14.2. The Morgan fingerprint density at radius 1 is 1.50 bits per heavy atom. The van der Waals surface area contributed by atoms with Gasteiger partial charge in [0.1, 0.15) is 5.69 Å². The first-order valence-corrected chi connectivity index (χ1v) is 5.96. The topological polar surface area (TPSA) is 80.5 Å². The van der Waals surface area contributed by atoms with Crippen molar-refractivity contribution < 1.29 is 14.6 Å². The molecular formula is C13H16N4O3. The molecule has 106 valence electrons.